The van der Waals surface area contributed by atoms with Crippen molar-refractivity contribution in [3.05, 3.63) is 46.8 Å². The highest BCUT2D eigenvalue weighted by Gasteiger charge is 2.51. The molecule has 15 atom stereocenters. The van der Waals surface area contributed by atoms with Gasteiger partial charge in [-0.3, -0.25) is 4.79 Å². The minimum atomic E-state index is -1.85. The van der Waals surface area contributed by atoms with Crippen molar-refractivity contribution < 1.29 is 93.0 Å². The van der Waals surface area contributed by atoms with E-state index < -0.39 is 111 Å². The number of aliphatic hydroxyl groups is 9. The van der Waals surface area contributed by atoms with Crippen LogP contribution in [0.15, 0.2) is 45.8 Å². The van der Waals surface area contributed by atoms with E-state index in [1.807, 2.05) is 0 Å². The molecule has 55 heavy (non-hydrogen) atoms. The maximum absolute atomic E-state index is 13.6. The number of methoxy groups -OCH3 is 1. The number of ether oxygens (including phenoxy) is 9. The lowest BCUT2D eigenvalue weighted by Gasteiger charge is -2.46. The average molecular weight is 783 g/mol. The van der Waals surface area contributed by atoms with Crippen LogP contribution < -0.4 is 24.4 Å². The summed E-state index contributed by atoms with van der Waals surface area (Å²) in [6.07, 6.45) is -22.7. The average Bonchev–Trinajstić information content (AvgIpc) is 3.66. The van der Waals surface area contributed by atoms with Crippen LogP contribution in [0.25, 0.3) is 22.1 Å². The summed E-state index contributed by atoms with van der Waals surface area (Å²) < 4.78 is 56.2. The first-order valence-corrected chi connectivity index (χ1v) is 17.3. The highest BCUT2D eigenvalue weighted by atomic mass is 16.8. The Hall–Kier alpha value is -3.71. The van der Waals surface area contributed by atoms with Crippen LogP contribution in [0.4, 0.5) is 0 Å². The van der Waals surface area contributed by atoms with Crippen molar-refractivity contribution in [2.75, 3.05) is 27.1 Å². The summed E-state index contributed by atoms with van der Waals surface area (Å²) in [4.78, 5) is 13.6. The van der Waals surface area contributed by atoms with E-state index in [4.69, 9.17) is 47.0 Å². The van der Waals surface area contributed by atoms with E-state index in [0.717, 1.165) is 0 Å². The Morgan fingerprint density at radius 2 is 1.44 bits per heavy atom. The van der Waals surface area contributed by atoms with Crippen LogP contribution in [-0.4, -0.2) is 165 Å². The standard InChI is InChI=1S/C35H42O20/c1-12-21(37)27(43)32(55-34-29(45)25(41)23(39)18(8-36)53-34)35(51-12)48-10-19-24(40)26(42)28(44)33(54-19)52-14-5-3-13(4-6-14)15-9-47-16-7-17-30(50-11-49-17)31(46-2)20(16)22(15)38/h3-7,9,12,18-19,21,23-29,32-37,39-45H,8,10-11H2,1-2H3/t12-,18+,19+,21-,23+,24+,25-,26-,27+,28+,29+,32+,33+,34-,35+/m0/s1. The van der Waals surface area contributed by atoms with Gasteiger partial charge in [0.15, 0.2) is 24.1 Å². The Balaban J connectivity index is 1.04. The Bertz CT molecular complexity index is 1850. The van der Waals surface area contributed by atoms with Gasteiger partial charge in [-0.1, -0.05) is 12.1 Å². The highest BCUT2D eigenvalue weighted by Crippen LogP contribution is 2.45. The Morgan fingerprint density at radius 3 is 2.13 bits per heavy atom. The zero-order valence-electron chi connectivity index (χ0n) is 29.3. The van der Waals surface area contributed by atoms with Crippen molar-refractivity contribution in [2.24, 2.45) is 0 Å². The van der Waals surface area contributed by atoms with Gasteiger partial charge in [0.25, 0.3) is 0 Å². The molecule has 20 heteroatoms. The summed E-state index contributed by atoms with van der Waals surface area (Å²) in [5, 5.41) is 94.0. The molecule has 0 aliphatic carbocycles. The summed E-state index contributed by atoms with van der Waals surface area (Å²) in [6.45, 7) is 0.0633. The maximum Gasteiger partial charge on any atom is 0.231 e. The molecule has 0 bridgehead atoms. The first kappa shape index (κ1) is 39.5. The minimum absolute atomic E-state index is 0.0407. The fourth-order valence-electron chi connectivity index (χ4n) is 6.81. The molecule has 3 aromatic rings. The molecular weight excluding hydrogens is 740 g/mol. The first-order chi connectivity index (χ1) is 26.3. The van der Waals surface area contributed by atoms with Gasteiger partial charge in [0.2, 0.25) is 24.3 Å². The predicted octanol–water partition coefficient (Wildman–Crippen LogP) is -2.95. The van der Waals surface area contributed by atoms with Gasteiger partial charge >= 0.3 is 0 Å². The number of fused-ring (bicyclic) bond motifs is 2. The van der Waals surface area contributed by atoms with Crippen molar-refractivity contribution in [2.45, 2.75) is 99.0 Å². The molecule has 0 amide bonds. The first-order valence-electron chi connectivity index (χ1n) is 17.3. The Kier molecular flexibility index (Phi) is 11.5. The lowest BCUT2D eigenvalue weighted by molar-refractivity contribution is -0.369. The van der Waals surface area contributed by atoms with Crippen LogP contribution in [0, 0.1) is 0 Å². The fraction of sp³-hybridized carbons (Fsp3) is 0.571. The van der Waals surface area contributed by atoms with E-state index in [1.165, 1.54) is 38.5 Å². The summed E-state index contributed by atoms with van der Waals surface area (Å²) >= 11 is 0. The number of hydrogen-bond donors (Lipinski definition) is 9. The SMILES string of the molecule is COc1c2c(cc3occ(-c4ccc(O[C@@H]5O[C@H](CO[C@@H]6O[C@@H](C)[C@H](O)[C@@H](O)[C@H]6O[C@@H]6O[C@H](CO)[C@@H](O)[C@H](O)[C@H]6O)[C@@H](O)[C@H](O)[C@H]5O)cc4)c(=O)c13)OCO2. The molecule has 20 nitrogen and oxygen atoms in total. The lowest BCUT2D eigenvalue weighted by atomic mass is 9.97. The van der Waals surface area contributed by atoms with Crippen molar-refractivity contribution in [3.63, 3.8) is 0 Å². The maximum atomic E-state index is 13.6. The minimum Gasteiger partial charge on any atom is -0.492 e. The van der Waals surface area contributed by atoms with Crippen molar-refractivity contribution >= 4 is 11.0 Å². The van der Waals surface area contributed by atoms with Gasteiger partial charge in [0.1, 0.15) is 90.1 Å². The smallest absolute Gasteiger partial charge is 0.231 e. The van der Waals surface area contributed by atoms with E-state index in [-0.39, 0.29) is 40.6 Å². The molecule has 3 fully saturated rings. The normalized spacial score (nSPS) is 37.5. The second kappa shape index (κ2) is 16.0. The molecule has 9 N–H and O–H groups in total. The third-order valence-electron chi connectivity index (χ3n) is 10.00. The molecule has 2 aromatic carbocycles. The van der Waals surface area contributed by atoms with E-state index in [1.54, 1.807) is 12.1 Å². The van der Waals surface area contributed by atoms with Gasteiger partial charge in [-0.05, 0) is 24.6 Å². The van der Waals surface area contributed by atoms with Gasteiger partial charge in [-0.2, -0.15) is 0 Å². The van der Waals surface area contributed by atoms with Crippen molar-refractivity contribution in [1.82, 2.24) is 0 Å². The summed E-state index contributed by atoms with van der Waals surface area (Å²) in [6, 6.07) is 7.57. The molecule has 0 saturated carbocycles. The molecular formula is C35H42O20. The van der Waals surface area contributed by atoms with Gasteiger partial charge in [0, 0.05) is 6.07 Å². The molecule has 1 aromatic heterocycles. The third kappa shape index (κ3) is 7.35. The van der Waals surface area contributed by atoms with Crippen molar-refractivity contribution in [3.8, 4) is 34.1 Å². The second-order valence-electron chi connectivity index (χ2n) is 13.5. The van der Waals surface area contributed by atoms with Gasteiger partial charge in [-0.25, -0.2) is 0 Å². The molecule has 0 radical (unpaired) electrons. The lowest BCUT2D eigenvalue weighted by Crippen LogP contribution is -2.64. The third-order valence-corrected chi connectivity index (χ3v) is 10.00. The predicted molar refractivity (Wildman–Crippen MR) is 179 cm³/mol. The second-order valence-corrected chi connectivity index (χ2v) is 13.5. The van der Waals surface area contributed by atoms with Gasteiger partial charge < -0.3 is 93.0 Å². The largest absolute Gasteiger partial charge is 0.492 e. The summed E-state index contributed by atoms with van der Waals surface area (Å²) in [5.41, 5.74) is 0.443. The van der Waals surface area contributed by atoms with Crippen LogP contribution in [0.3, 0.4) is 0 Å². The van der Waals surface area contributed by atoms with Gasteiger partial charge in [0.05, 0.1) is 32.0 Å². The van der Waals surface area contributed by atoms with E-state index >= 15 is 0 Å². The number of rotatable bonds is 10. The molecule has 4 aliphatic heterocycles. The van der Waals surface area contributed by atoms with Crippen LogP contribution in [0.2, 0.25) is 0 Å². The fourth-order valence-corrected chi connectivity index (χ4v) is 6.81. The number of hydrogen-bond acceptors (Lipinski definition) is 20. The topological polar surface area (TPSA) is 295 Å². The zero-order chi connectivity index (χ0) is 39.3. The van der Waals surface area contributed by atoms with Crippen LogP contribution in [-0.2, 0) is 23.7 Å². The van der Waals surface area contributed by atoms with Crippen LogP contribution >= 0.6 is 0 Å². The summed E-state index contributed by atoms with van der Waals surface area (Å²) in [5.74, 6) is 0.958. The molecule has 5 heterocycles. The Morgan fingerprint density at radius 1 is 0.764 bits per heavy atom. The molecule has 302 valence electrons. The molecule has 0 spiro atoms. The van der Waals surface area contributed by atoms with Crippen LogP contribution in [0.1, 0.15) is 6.92 Å². The van der Waals surface area contributed by atoms with E-state index in [0.29, 0.717) is 11.3 Å². The molecule has 7 rings (SSSR count). The van der Waals surface area contributed by atoms with Crippen molar-refractivity contribution in [1.29, 1.82) is 0 Å². The molecule has 4 aliphatic rings. The van der Waals surface area contributed by atoms with E-state index in [2.05, 4.69) is 0 Å². The van der Waals surface area contributed by atoms with Crippen LogP contribution in [0.5, 0.6) is 23.0 Å². The number of aliphatic hydroxyl groups excluding tert-OH is 9. The molecule has 3 saturated heterocycles. The monoisotopic (exact) mass is 782 g/mol. The van der Waals surface area contributed by atoms with E-state index in [9.17, 15) is 50.8 Å². The zero-order valence-corrected chi connectivity index (χ0v) is 29.3. The number of benzene rings is 2. The highest BCUT2D eigenvalue weighted by molar-refractivity contribution is 5.91. The molecule has 0 unspecified atom stereocenters. The Labute approximate surface area is 311 Å². The quantitative estimate of drug-likeness (QED) is 0.0993. The summed E-state index contributed by atoms with van der Waals surface area (Å²) in [7, 11) is 1.39. The van der Waals surface area contributed by atoms with Gasteiger partial charge in [-0.15, -0.1) is 0 Å².